The number of carbonyl (C=O) groups is 1. The van der Waals surface area contributed by atoms with Crippen LogP contribution in [0.4, 0.5) is 5.69 Å². The molecule has 0 spiro atoms. The van der Waals surface area contributed by atoms with Crippen molar-refractivity contribution in [3.63, 3.8) is 0 Å². The lowest BCUT2D eigenvalue weighted by molar-refractivity contribution is -0.125. The minimum absolute atomic E-state index is 0.0638. The van der Waals surface area contributed by atoms with E-state index in [1.54, 1.807) is 0 Å². The standard InChI is InChI=1S/C14H23N3O/c1-4-16-14(18)11(3)17(5-2)10-12-8-6-7-9-13(12)15/h6-9,11H,4-5,10,15H2,1-3H3,(H,16,18). The topological polar surface area (TPSA) is 58.4 Å². The second kappa shape index (κ2) is 7.01. The first-order valence-electron chi connectivity index (χ1n) is 6.45. The minimum Gasteiger partial charge on any atom is -0.398 e. The fourth-order valence-corrected chi connectivity index (χ4v) is 1.91. The molecule has 0 radical (unpaired) electrons. The van der Waals surface area contributed by atoms with Gasteiger partial charge in [0.2, 0.25) is 5.91 Å². The van der Waals surface area contributed by atoms with Crippen LogP contribution in [0.2, 0.25) is 0 Å². The van der Waals surface area contributed by atoms with Crippen LogP contribution in [-0.4, -0.2) is 29.9 Å². The van der Waals surface area contributed by atoms with Crippen LogP contribution in [0, 0.1) is 0 Å². The first-order chi connectivity index (χ1) is 8.60. The maximum atomic E-state index is 11.8. The summed E-state index contributed by atoms with van der Waals surface area (Å²) >= 11 is 0. The second-order valence-corrected chi connectivity index (χ2v) is 4.33. The number of carbonyl (C=O) groups excluding carboxylic acids is 1. The summed E-state index contributed by atoms with van der Waals surface area (Å²) < 4.78 is 0. The fraction of sp³-hybridized carbons (Fsp3) is 0.500. The van der Waals surface area contributed by atoms with Gasteiger partial charge in [-0.15, -0.1) is 0 Å². The molecule has 0 heterocycles. The van der Waals surface area contributed by atoms with E-state index in [1.807, 2.05) is 38.1 Å². The number of nitrogen functional groups attached to an aromatic ring is 1. The lowest BCUT2D eigenvalue weighted by Gasteiger charge is -2.27. The smallest absolute Gasteiger partial charge is 0.237 e. The highest BCUT2D eigenvalue weighted by Crippen LogP contribution is 2.15. The van der Waals surface area contributed by atoms with E-state index in [4.69, 9.17) is 5.73 Å². The number of amides is 1. The van der Waals surface area contributed by atoms with Crippen LogP contribution in [-0.2, 0) is 11.3 Å². The Morgan fingerprint density at radius 3 is 2.61 bits per heavy atom. The van der Waals surface area contributed by atoms with E-state index < -0.39 is 0 Å². The van der Waals surface area contributed by atoms with Crippen molar-refractivity contribution in [1.29, 1.82) is 0 Å². The third-order valence-electron chi connectivity index (χ3n) is 3.11. The van der Waals surface area contributed by atoms with Crippen molar-refractivity contribution in [2.75, 3.05) is 18.8 Å². The second-order valence-electron chi connectivity index (χ2n) is 4.33. The third-order valence-corrected chi connectivity index (χ3v) is 3.11. The van der Waals surface area contributed by atoms with Crippen LogP contribution in [0.15, 0.2) is 24.3 Å². The number of anilines is 1. The quantitative estimate of drug-likeness (QED) is 0.753. The zero-order chi connectivity index (χ0) is 13.5. The molecule has 0 saturated carbocycles. The molecule has 0 fully saturated rings. The molecule has 18 heavy (non-hydrogen) atoms. The largest absolute Gasteiger partial charge is 0.398 e. The lowest BCUT2D eigenvalue weighted by Crippen LogP contribution is -2.44. The Balaban J connectivity index is 2.73. The Morgan fingerprint density at radius 1 is 1.39 bits per heavy atom. The fourth-order valence-electron chi connectivity index (χ4n) is 1.91. The van der Waals surface area contributed by atoms with Gasteiger partial charge in [0.05, 0.1) is 6.04 Å². The van der Waals surface area contributed by atoms with Gasteiger partial charge in [0.15, 0.2) is 0 Å². The average molecular weight is 249 g/mol. The molecule has 4 heteroatoms. The maximum Gasteiger partial charge on any atom is 0.237 e. The van der Waals surface area contributed by atoms with Crippen molar-refractivity contribution >= 4 is 11.6 Å². The highest BCUT2D eigenvalue weighted by molar-refractivity contribution is 5.81. The molecule has 0 bridgehead atoms. The van der Waals surface area contributed by atoms with Gasteiger partial charge in [-0.1, -0.05) is 25.1 Å². The number of rotatable bonds is 6. The Labute approximate surface area is 109 Å². The molecule has 0 aliphatic rings. The summed E-state index contributed by atoms with van der Waals surface area (Å²) in [7, 11) is 0. The molecule has 0 aliphatic heterocycles. The van der Waals surface area contributed by atoms with Gasteiger partial charge in [-0.3, -0.25) is 9.69 Å². The highest BCUT2D eigenvalue weighted by Gasteiger charge is 2.19. The van der Waals surface area contributed by atoms with Gasteiger partial charge in [0.25, 0.3) is 0 Å². The van der Waals surface area contributed by atoms with Crippen LogP contribution >= 0.6 is 0 Å². The average Bonchev–Trinajstić information content (AvgIpc) is 2.37. The van der Waals surface area contributed by atoms with Crippen molar-refractivity contribution in [3.8, 4) is 0 Å². The van der Waals surface area contributed by atoms with Crippen LogP contribution < -0.4 is 11.1 Å². The van der Waals surface area contributed by atoms with Gasteiger partial charge in [-0.2, -0.15) is 0 Å². The van der Waals surface area contributed by atoms with E-state index in [0.29, 0.717) is 13.1 Å². The number of hydrogen-bond donors (Lipinski definition) is 2. The maximum absolute atomic E-state index is 11.8. The van der Waals surface area contributed by atoms with E-state index in [9.17, 15) is 4.79 Å². The number of hydrogen-bond acceptors (Lipinski definition) is 3. The molecule has 0 aliphatic carbocycles. The number of benzene rings is 1. The number of para-hydroxylation sites is 1. The molecule has 1 rings (SSSR count). The lowest BCUT2D eigenvalue weighted by atomic mass is 10.1. The summed E-state index contributed by atoms with van der Waals surface area (Å²) in [5, 5.41) is 2.85. The van der Waals surface area contributed by atoms with Crippen LogP contribution in [0.5, 0.6) is 0 Å². The Bertz CT molecular complexity index is 392. The predicted octanol–water partition coefficient (Wildman–Crippen LogP) is 1.62. The van der Waals surface area contributed by atoms with Crippen molar-refractivity contribution in [1.82, 2.24) is 10.2 Å². The molecule has 0 aromatic heterocycles. The summed E-state index contributed by atoms with van der Waals surface area (Å²) in [5.74, 6) is 0.0638. The van der Waals surface area contributed by atoms with Crippen molar-refractivity contribution in [3.05, 3.63) is 29.8 Å². The molecule has 1 atom stereocenters. The van der Waals surface area contributed by atoms with Crippen molar-refractivity contribution in [2.45, 2.75) is 33.4 Å². The molecular formula is C14H23N3O. The molecule has 0 saturated heterocycles. The van der Waals surface area contributed by atoms with E-state index in [2.05, 4.69) is 17.1 Å². The van der Waals surface area contributed by atoms with Gasteiger partial charge in [0.1, 0.15) is 0 Å². The summed E-state index contributed by atoms with van der Waals surface area (Å²) in [6, 6.07) is 7.63. The van der Waals surface area contributed by atoms with Crippen LogP contribution in [0.25, 0.3) is 0 Å². The number of nitrogens with one attached hydrogen (secondary N) is 1. The van der Waals surface area contributed by atoms with Gasteiger partial charge in [0, 0.05) is 18.8 Å². The molecular weight excluding hydrogens is 226 g/mol. The molecule has 1 aromatic rings. The molecule has 100 valence electrons. The Kier molecular flexibility index (Phi) is 5.65. The zero-order valence-corrected chi connectivity index (χ0v) is 11.4. The monoisotopic (exact) mass is 249 g/mol. The summed E-state index contributed by atoms with van der Waals surface area (Å²) in [6.45, 7) is 8.07. The van der Waals surface area contributed by atoms with E-state index in [0.717, 1.165) is 17.8 Å². The molecule has 1 unspecified atom stereocenters. The SMILES string of the molecule is CCNC(=O)C(C)N(CC)Cc1ccccc1N. The van der Waals surface area contributed by atoms with E-state index >= 15 is 0 Å². The zero-order valence-electron chi connectivity index (χ0n) is 11.4. The summed E-state index contributed by atoms with van der Waals surface area (Å²) in [5.41, 5.74) is 7.77. The van der Waals surface area contributed by atoms with Crippen molar-refractivity contribution in [2.24, 2.45) is 0 Å². The summed E-state index contributed by atoms with van der Waals surface area (Å²) in [4.78, 5) is 13.9. The van der Waals surface area contributed by atoms with Gasteiger partial charge in [-0.25, -0.2) is 0 Å². The van der Waals surface area contributed by atoms with Crippen LogP contribution in [0.3, 0.4) is 0 Å². The van der Waals surface area contributed by atoms with Crippen molar-refractivity contribution < 1.29 is 4.79 Å². The third kappa shape index (κ3) is 3.74. The molecule has 1 amide bonds. The molecule has 1 aromatic carbocycles. The van der Waals surface area contributed by atoms with Crippen LogP contribution in [0.1, 0.15) is 26.3 Å². The Hall–Kier alpha value is -1.55. The van der Waals surface area contributed by atoms with E-state index in [-0.39, 0.29) is 11.9 Å². The predicted molar refractivity (Wildman–Crippen MR) is 75.1 cm³/mol. The Morgan fingerprint density at radius 2 is 2.06 bits per heavy atom. The number of nitrogens with zero attached hydrogens (tertiary/aromatic N) is 1. The normalized spacial score (nSPS) is 12.4. The van der Waals surface area contributed by atoms with Gasteiger partial charge < -0.3 is 11.1 Å². The van der Waals surface area contributed by atoms with Gasteiger partial charge in [-0.05, 0) is 32.0 Å². The highest BCUT2D eigenvalue weighted by atomic mass is 16.2. The summed E-state index contributed by atoms with van der Waals surface area (Å²) in [6.07, 6.45) is 0. The minimum atomic E-state index is -0.144. The number of likely N-dealkylation sites (N-methyl/N-ethyl adjacent to an activating group) is 2. The van der Waals surface area contributed by atoms with E-state index in [1.165, 1.54) is 0 Å². The first kappa shape index (κ1) is 14.5. The number of nitrogens with two attached hydrogens (primary N) is 1. The first-order valence-corrected chi connectivity index (χ1v) is 6.45. The molecule has 4 nitrogen and oxygen atoms in total. The molecule has 3 N–H and O–H groups in total. The van der Waals surface area contributed by atoms with Gasteiger partial charge >= 0.3 is 0 Å².